The molecule has 0 aliphatic carbocycles. The summed E-state index contributed by atoms with van der Waals surface area (Å²) < 4.78 is 11.6. The maximum atomic E-state index is 10.8. The Bertz CT molecular complexity index is 916. The molecule has 0 bridgehead atoms. The van der Waals surface area contributed by atoms with E-state index in [-0.39, 0.29) is 0 Å². The van der Waals surface area contributed by atoms with E-state index in [9.17, 15) is 4.80 Å². The highest BCUT2D eigenvalue weighted by Crippen LogP contribution is 2.20. The van der Waals surface area contributed by atoms with Crippen LogP contribution in [0.15, 0.2) is 109 Å². The number of ether oxygens (including phenoxy) is 2. The highest BCUT2D eigenvalue weighted by atomic mass is 28.3. The summed E-state index contributed by atoms with van der Waals surface area (Å²) in [6.45, 7) is 0. The molecule has 0 aromatic heterocycles. The molecule has 0 fully saturated rings. The summed E-state index contributed by atoms with van der Waals surface area (Å²) in [7, 11) is -1.83. The van der Waals surface area contributed by atoms with Gasteiger partial charge in [-0.15, -0.1) is 0 Å². The molecule has 0 spiro atoms. The molecule has 0 saturated heterocycles. The Kier molecular flexibility index (Phi) is 5.52. The van der Waals surface area contributed by atoms with Crippen molar-refractivity contribution in [3.8, 4) is 23.0 Å². The zero-order chi connectivity index (χ0) is 19.2. The second-order valence-corrected chi connectivity index (χ2v) is 8.08. The molecule has 136 valence electrons. The first kappa shape index (κ1) is 18.0. The van der Waals surface area contributed by atoms with Crippen molar-refractivity contribution in [2.45, 2.75) is 0 Å². The zero-order valence-corrected chi connectivity index (χ0v) is 16.2. The topological polar surface area (TPSA) is 38.7 Å². The van der Waals surface area contributed by atoms with E-state index in [2.05, 4.69) is 0 Å². The van der Waals surface area contributed by atoms with Gasteiger partial charge in [0.25, 0.3) is 0 Å². The van der Waals surface area contributed by atoms with Crippen molar-refractivity contribution in [1.29, 1.82) is 0 Å². The SMILES string of the molecule is O[Si+](c1ccc(Oc2ccccc2)cc1)c1ccc(Oc2ccccc2)cc1. The quantitative estimate of drug-likeness (QED) is 0.503. The lowest BCUT2D eigenvalue weighted by molar-refractivity contribution is 0.482. The molecule has 1 N–H and O–H groups in total. The van der Waals surface area contributed by atoms with Crippen LogP contribution < -0.4 is 19.8 Å². The Morgan fingerprint density at radius 1 is 0.429 bits per heavy atom. The maximum Gasteiger partial charge on any atom is 0.548 e. The van der Waals surface area contributed by atoms with Crippen molar-refractivity contribution in [3.63, 3.8) is 0 Å². The molecule has 0 aliphatic heterocycles. The number of benzene rings is 4. The van der Waals surface area contributed by atoms with E-state index in [1.54, 1.807) is 0 Å². The van der Waals surface area contributed by atoms with E-state index in [4.69, 9.17) is 9.47 Å². The second kappa shape index (κ2) is 8.56. The van der Waals surface area contributed by atoms with Gasteiger partial charge < -0.3 is 9.47 Å². The minimum Gasteiger partial charge on any atom is -0.457 e. The van der Waals surface area contributed by atoms with E-state index in [1.165, 1.54) is 0 Å². The summed E-state index contributed by atoms with van der Waals surface area (Å²) in [6, 6.07) is 34.5. The molecule has 4 heteroatoms. The minimum absolute atomic E-state index is 0.747. The van der Waals surface area contributed by atoms with E-state index in [0.29, 0.717) is 0 Å². The lowest BCUT2D eigenvalue weighted by Crippen LogP contribution is -2.42. The molecule has 0 radical (unpaired) electrons. The Balaban J connectivity index is 1.43. The van der Waals surface area contributed by atoms with Gasteiger partial charge in [-0.2, -0.15) is 0 Å². The highest BCUT2D eigenvalue weighted by molar-refractivity contribution is 6.78. The van der Waals surface area contributed by atoms with Gasteiger partial charge in [-0.1, -0.05) is 36.4 Å². The van der Waals surface area contributed by atoms with Crippen molar-refractivity contribution in [1.82, 2.24) is 0 Å². The largest absolute Gasteiger partial charge is 0.548 e. The van der Waals surface area contributed by atoms with Crippen LogP contribution >= 0.6 is 0 Å². The summed E-state index contributed by atoms with van der Waals surface area (Å²) in [4.78, 5) is 10.8. The molecule has 0 atom stereocenters. The third-order valence-corrected chi connectivity index (χ3v) is 5.97. The number of para-hydroxylation sites is 2. The van der Waals surface area contributed by atoms with Crippen LogP contribution in [0.2, 0.25) is 0 Å². The Morgan fingerprint density at radius 2 is 0.750 bits per heavy atom. The number of hydrogen-bond donors (Lipinski definition) is 1. The van der Waals surface area contributed by atoms with Crippen molar-refractivity contribution >= 4 is 19.4 Å². The average Bonchev–Trinajstić information content (AvgIpc) is 2.76. The minimum atomic E-state index is -1.83. The standard InChI is InChI=1S/C24H19O3Si/c25-28(23-15-11-21(12-16-23)26-19-7-3-1-4-8-19)24-17-13-22(14-18-24)27-20-9-5-2-6-10-20/h1-18,25H/q+1. The van der Waals surface area contributed by atoms with Crippen molar-refractivity contribution in [2.24, 2.45) is 0 Å². The van der Waals surface area contributed by atoms with Gasteiger partial charge in [-0.3, -0.25) is 0 Å². The molecular weight excluding hydrogens is 364 g/mol. The lowest BCUT2D eigenvalue weighted by Gasteiger charge is -2.06. The van der Waals surface area contributed by atoms with Crippen LogP contribution in [0.3, 0.4) is 0 Å². The molecule has 3 nitrogen and oxygen atoms in total. The van der Waals surface area contributed by atoms with Gasteiger partial charge in [0.15, 0.2) is 0 Å². The first-order chi connectivity index (χ1) is 13.8. The Morgan fingerprint density at radius 3 is 1.11 bits per heavy atom. The van der Waals surface area contributed by atoms with Crippen LogP contribution in [-0.2, 0) is 0 Å². The molecule has 4 aromatic carbocycles. The van der Waals surface area contributed by atoms with Gasteiger partial charge in [0.05, 0.1) is 0 Å². The lowest BCUT2D eigenvalue weighted by atomic mass is 10.3. The van der Waals surface area contributed by atoms with Gasteiger partial charge in [-0.05, 0) is 72.8 Å². The summed E-state index contributed by atoms with van der Waals surface area (Å²) in [5.74, 6) is 3.07. The monoisotopic (exact) mass is 383 g/mol. The van der Waals surface area contributed by atoms with Crippen LogP contribution in [0.1, 0.15) is 0 Å². The Hall–Kier alpha value is -3.34. The normalized spacial score (nSPS) is 10.3. The molecule has 4 aromatic rings. The third-order valence-electron chi connectivity index (χ3n) is 4.21. The summed E-state index contributed by atoms with van der Waals surface area (Å²) in [5.41, 5.74) is 0. The first-order valence-corrected chi connectivity index (χ1v) is 10.5. The fourth-order valence-corrected chi connectivity index (χ4v) is 4.08. The molecule has 0 heterocycles. The third kappa shape index (κ3) is 4.49. The van der Waals surface area contributed by atoms with Crippen LogP contribution in [0, 0.1) is 0 Å². The molecule has 0 aliphatic rings. The highest BCUT2D eigenvalue weighted by Gasteiger charge is 2.31. The Labute approximate surface area is 166 Å². The van der Waals surface area contributed by atoms with Gasteiger partial charge in [-0.25, -0.2) is 4.80 Å². The first-order valence-electron chi connectivity index (χ1n) is 9.00. The van der Waals surface area contributed by atoms with E-state index in [1.807, 2.05) is 109 Å². The van der Waals surface area contributed by atoms with E-state index in [0.717, 1.165) is 33.4 Å². The molecule has 0 amide bonds. The van der Waals surface area contributed by atoms with Crippen LogP contribution in [0.4, 0.5) is 0 Å². The molecular formula is C24H19O3Si+. The number of rotatable bonds is 6. The van der Waals surface area contributed by atoms with Crippen LogP contribution in [-0.4, -0.2) is 13.8 Å². The van der Waals surface area contributed by atoms with E-state index < -0.39 is 9.04 Å². The fraction of sp³-hybridized carbons (Fsp3) is 0. The summed E-state index contributed by atoms with van der Waals surface area (Å²) in [5, 5.41) is 1.81. The van der Waals surface area contributed by atoms with Gasteiger partial charge in [0, 0.05) is 0 Å². The van der Waals surface area contributed by atoms with Crippen molar-refractivity contribution in [2.75, 3.05) is 0 Å². The van der Waals surface area contributed by atoms with Gasteiger partial charge in [0.2, 0.25) is 0 Å². The molecule has 28 heavy (non-hydrogen) atoms. The summed E-state index contributed by atoms with van der Waals surface area (Å²) >= 11 is 0. The van der Waals surface area contributed by atoms with Gasteiger partial charge >= 0.3 is 9.04 Å². The van der Waals surface area contributed by atoms with Crippen LogP contribution in [0.5, 0.6) is 23.0 Å². The predicted molar refractivity (Wildman–Crippen MR) is 113 cm³/mol. The molecule has 0 unspecified atom stereocenters. The smallest absolute Gasteiger partial charge is 0.457 e. The second-order valence-electron chi connectivity index (χ2n) is 6.23. The van der Waals surface area contributed by atoms with E-state index >= 15 is 0 Å². The summed E-state index contributed by atoms with van der Waals surface area (Å²) in [6.07, 6.45) is 0. The van der Waals surface area contributed by atoms with Crippen molar-refractivity contribution in [3.05, 3.63) is 109 Å². The molecule has 4 rings (SSSR count). The van der Waals surface area contributed by atoms with Gasteiger partial charge in [0.1, 0.15) is 33.4 Å². The maximum absolute atomic E-state index is 10.8. The number of hydrogen-bond acceptors (Lipinski definition) is 3. The van der Waals surface area contributed by atoms with Crippen LogP contribution in [0.25, 0.3) is 0 Å². The zero-order valence-electron chi connectivity index (χ0n) is 15.2. The fourth-order valence-electron chi connectivity index (χ4n) is 2.78. The predicted octanol–water partition coefficient (Wildman–Crippen LogP) is 4.37. The average molecular weight is 383 g/mol. The van der Waals surface area contributed by atoms with Crippen molar-refractivity contribution < 1.29 is 14.3 Å². The molecule has 0 saturated carbocycles.